The van der Waals surface area contributed by atoms with Crippen LogP contribution < -0.4 is 5.01 Å². The van der Waals surface area contributed by atoms with Gasteiger partial charge in [-0.15, -0.1) is 0 Å². The minimum absolute atomic E-state index is 0.0926. The molecule has 0 radical (unpaired) electrons. The second kappa shape index (κ2) is 9.46. The van der Waals surface area contributed by atoms with Crippen molar-refractivity contribution in [2.45, 2.75) is 32.0 Å². The topological polar surface area (TPSA) is 65.5 Å². The average Bonchev–Trinajstić information content (AvgIpc) is 3.03. The largest absolute Gasteiger partial charge is 0.461 e. The Hall–Kier alpha value is -2.62. The van der Waals surface area contributed by atoms with E-state index in [1.54, 1.807) is 36.1 Å². The fourth-order valence-electron chi connectivity index (χ4n) is 3.67. The molecule has 0 spiro atoms. The van der Waals surface area contributed by atoms with E-state index in [0.717, 1.165) is 0 Å². The van der Waals surface area contributed by atoms with Crippen LogP contribution in [0, 0.1) is 0 Å². The number of hydrogen-bond donors (Lipinski definition) is 0. The molecule has 1 atom stereocenters. The number of hydrazone groups is 1. The number of alkyl halides is 3. The lowest BCUT2D eigenvalue weighted by Gasteiger charge is -2.29. The molecule has 1 saturated heterocycles. The number of carbonyl (C=O) groups is 2. The van der Waals surface area contributed by atoms with E-state index in [2.05, 4.69) is 5.10 Å². The van der Waals surface area contributed by atoms with Gasteiger partial charge in [-0.2, -0.15) is 18.3 Å². The summed E-state index contributed by atoms with van der Waals surface area (Å²) in [7, 11) is 0. The zero-order valence-corrected chi connectivity index (χ0v) is 16.8. The molecule has 10 heteroatoms. The van der Waals surface area contributed by atoms with Crippen LogP contribution >= 0.6 is 0 Å². The molecular formula is C20H25F3N4O3. The highest BCUT2D eigenvalue weighted by atomic mass is 19.4. The van der Waals surface area contributed by atoms with E-state index >= 15 is 0 Å². The Morgan fingerprint density at radius 1 is 1.13 bits per heavy atom. The van der Waals surface area contributed by atoms with Crippen molar-refractivity contribution in [3.8, 4) is 0 Å². The molecule has 1 fully saturated rings. The number of esters is 1. The molecule has 0 bridgehead atoms. The third kappa shape index (κ3) is 5.50. The Labute approximate surface area is 173 Å². The molecule has 3 rings (SSSR count). The van der Waals surface area contributed by atoms with Gasteiger partial charge in [0, 0.05) is 32.6 Å². The van der Waals surface area contributed by atoms with Gasteiger partial charge in [0.15, 0.2) is 0 Å². The van der Waals surface area contributed by atoms with Crippen LogP contribution in [0.25, 0.3) is 0 Å². The van der Waals surface area contributed by atoms with Gasteiger partial charge < -0.3 is 9.64 Å². The zero-order valence-electron chi connectivity index (χ0n) is 16.8. The number of nitrogens with zero attached hydrogens (tertiary/aromatic N) is 4. The van der Waals surface area contributed by atoms with E-state index in [1.165, 1.54) is 9.91 Å². The summed E-state index contributed by atoms with van der Waals surface area (Å²) >= 11 is 0. The molecule has 164 valence electrons. The minimum Gasteiger partial charge on any atom is -0.461 e. The Bertz CT molecular complexity index is 785. The van der Waals surface area contributed by atoms with E-state index in [0.29, 0.717) is 18.7 Å². The third-order valence-electron chi connectivity index (χ3n) is 5.03. The zero-order chi connectivity index (χ0) is 21.7. The quantitative estimate of drug-likeness (QED) is 0.676. The third-order valence-corrected chi connectivity index (χ3v) is 5.03. The molecule has 0 aliphatic carbocycles. The molecule has 1 aromatic carbocycles. The number of carbonyl (C=O) groups excluding carboxylic acids is 2. The van der Waals surface area contributed by atoms with Crippen LogP contribution in [-0.4, -0.2) is 78.9 Å². The van der Waals surface area contributed by atoms with E-state index in [4.69, 9.17) is 4.74 Å². The van der Waals surface area contributed by atoms with Crippen LogP contribution in [0.4, 0.5) is 18.9 Å². The minimum atomic E-state index is -4.27. The van der Waals surface area contributed by atoms with Crippen molar-refractivity contribution in [3.05, 3.63) is 30.3 Å². The molecule has 0 aromatic heterocycles. The van der Waals surface area contributed by atoms with Crippen LogP contribution in [0.5, 0.6) is 0 Å². The van der Waals surface area contributed by atoms with Gasteiger partial charge in [0.25, 0.3) is 0 Å². The molecular weight excluding hydrogens is 401 g/mol. The van der Waals surface area contributed by atoms with Gasteiger partial charge in [0.1, 0.15) is 11.8 Å². The highest BCUT2D eigenvalue weighted by molar-refractivity contribution is 6.38. The van der Waals surface area contributed by atoms with Crippen molar-refractivity contribution in [2.75, 3.05) is 44.3 Å². The summed E-state index contributed by atoms with van der Waals surface area (Å²) in [5.74, 6) is -0.822. The van der Waals surface area contributed by atoms with Crippen LogP contribution in [0.3, 0.4) is 0 Å². The van der Waals surface area contributed by atoms with Gasteiger partial charge in [-0.3, -0.25) is 14.7 Å². The van der Waals surface area contributed by atoms with E-state index in [9.17, 15) is 22.8 Å². The molecule has 7 nitrogen and oxygen atoms in total. The number of rotatable bonds is 5. The highest BCUT2D eigenvalue weighted by Crippen LogP contribution is 2.27. The highest BCUT2D eigenvalue weighted by Gasteiger charge is 2.39. The summed E-state index contributed by atoms with van der Waals surface area (Å²) in [5, 5.41) is 5.84. The first-order chi connectivity index (χ1) is 14.3. The van der Waals surface area contributed by atoms with Gasteiger partial charge in [-0.05, 0) is 25.5 Å². The Balaban J connectivity index is 1.74. The lowest BCUT2D eigenvalue weighted by Crippen LogP contribution is -2.47. The van der Waals surface area contributed by atoms with Gasteiger partial charge in [0.2, 0.25) is 5.91 Å². The maximum atomic E-state index is 13.3. The average molecular weight is 426 g/mol. The molecule has 0 N–H and O–H groups in total. The molecule has 2 aliphatic heterocycles. The number of halogens is 3. The summed E-state index contributed by atoms with van der Waals surface area (Å²) in [6, 6.07) is 8.26. The van der Waals surface area contributed by atoms with Crippen molar-refractivity contribution < 1.29 is 27.5 Å². The first-order valence-electron chi connectivity index (χ1n) is 9.95. The standard InChI is InChI=1S/C20H25F3N4O3/c1-2-30-19(29)16-13-17(27(24-16)15-7-4-3-5-8-15)18(28)26-10-6-9-25(11-12-26)14-20(21,22)23/h3-5,7-8,17H,2,6,9-14H2,1H3. The second-order valence-electron chi connectivity index (χ2n) is 7.24. The molecule has 1 aromatic rings. The molecule has 1 unspecified atom stereocenters. The van der Waals surface area contributed by atoms with Crippen LogP contribution in [0.15, 0.2) is 35.4 Å². The first-order valence-corrected chi connectivity index (χ1v) is 9.95. The Morgan fingerprint density at radius 3 is 2.53 bits per heavy atom. The van der Waals surface area contributed by atoms with Crippen molar-refractivity contribution in [2.24, 2.45) is 5.10 Å². The van der Waals surface area contributed by atoms with Crippen LogP contribution in [-0.2, 0) is 14.3 Å². The Morgan fingerprint density at radius 2 is 1.87 bits per heavy atom. The molecule has 1 amide bonds. The summed E-state index contributed by atoms with van der Waals surface area (Å²) in [5.41, 5.74) is 0.816. The maximum Gasteiger partial charge on any atom is 0.401 e. The van der Waals surface area contributed by atoms with Crippen LogP contribution in [0.2, 0.25) is 0 Å². The Kier molecular flexibility index (Phi) is 6.96. The fraction of sp³-hybridized carbons (Fsp3) is 0.550. The molecule has 2 heterocycles. The number of para-hydroxylation sites is 1. The van der Waals surface area contributed by atoms with Gasteiger partial charge in [-0.25, -0.2) is 4.79 Å². The van der Waals surface area contributed by atoms with Crippen molar-refractivity contribution >= 4 is 23.3 Å². The van der Waals surface area contributed by atoms with E-state index in [1.807, 2.05) is 6.07 Å². The predicted octanol–water partition coefficient (Wildman–Crippen LogP) is 2.28. The lowest BCUT2D eigenvalue weighted by atomic mass is 10.1. The molecule has 2 aliphatic rings. The number of ether oxygens (including phenoxy) is 1. The summed E-state index contributed by atoms with van der Waals surface area (Å²) in [4.78, 5) is 28.3. The smallest absolute Gasteiger partial charge is 0.401 e. The normalized spacial score (nSPS) is 20.7. The van der Waals surface area contributed by atoms with Crippen molar-refractivity contribution in [1.29, 1.82) is 0 Å². The van der Waals surface area contributed by atoms with Crippen molar-refractivity contribution in [1.82, 2.24) is 9.80 Å². The lowest BCUT2D eigenvalue weighted by molar-refractivity contribution is -0.145. The van der Waals surface area contributed by atoms with Crippen molar-refractivity contribution in [3.63, 3.8) is 0 Å². The molecule has 0 saturated carbocycles. The number of amides is 1. The number of anilines is 1. The number of benzene rings is 1. The number of hydrogen-bond acceptors (Lipinski definition) is 6. The fourth-order valence-corrected chi connectivity index (χ4v) is 3.67. The SMILES string of the molecule is CCOC(=O)C1=NN(c2ccccc2)C(C(=O)N2CCCN(CC(F)(F)F)CC2)C1. The van der Waals surface area contributed by atoms with E-state index < -0.39 is 24.7 Å². The van der Waals surface area contributed by atoms with E-state index in [-0.39, 0.29) is 44.3 Å². The summed E-state index contributed by atoms with van der Waals surface area (Å²) < 4.78 is 43.2. The van der Waals surface area contributed by atoms with Gasteiger partial charge >= 0.3 is 12.1 Å². The van der Waals surface area contributed by atoms with Gasteiger partial charge in [0.05, 0.1) is 18.8 Å². The van der Waals surface area contributed by atoms with Crippen LogP contribution in [0.1, 0.15) is 19.8 Å². The maximum absolute atomic E-state index is 13.3. The second-order valence-corrected chi connectivity index (χ2v) is 7.24. The monoisotopic (exact) mass is 426 g/mol. The first kappa shape index (κ1) is 22.1. The summed E-state index contributed by atoms with van der Waals surface area (Å²) in [6.07, 6.45) is -3.72. The predicted molar refractivity (Wildman–Crippen MR) is 105 cm³/mol. The molecule has 30 heavy (non-hydrogen) atoms. The van der Waals surface area contributed by atoms with Gasteiger partial charge in [-0.1, -0.05) is 18.2 Å². The summed E-state index contributed by atoms with van der Waals surface area (Å²) in [6.45, 7) is 1.89.